The van der Waals surface area contributed by atoms with Crippen molar-refractivity contribution in [1.82, 2.24) is 5.32 Å². The fraction of sp³-hybridized carbons (Fsp3) is 0.588. The van der Waals surface area contributed by atoms with Crippen molar-refractivity contribution in [2.24, 2.45) is 11.8 Å². The Bertz CT molecular complexity index is 513. The second-order valence-corrected chi connectivity index (χ2v) is 7.09. The first-order chi connectivity index (χ1) is 10.5. The van der Waals surface area contributed by atoms with Crippen LogP contribution in [0.15, 0.2) is 18.2 Å². The molecule has 3 nitrogen and oxygen atoms in total. The minimum absolute atomic E-state index is 0.0680. The summed E-state index contributed by atoms with van der Waals surface area (Å²) < 4.78 is 0. The maximum atomic E-state index is 12.3. The summed E-state index contributed by atoms with van der Waals surface area (Å²) in [5.41, 5.74) is 0.942. The second-order valence-electron chi connectivity index (χ2n) is 6.25. The van der Waals surface area contributed by atoms with Gasteiger partial charge in [-0.25, -0.2) is 0 Å². The van der Waals surface area contributed by atoms with Crippen LogP contribution < -0.4 is 5.32 Å². The predicted molar refractivity (Wildman–Crippen MR) is 90.3 cm³/mol. The monoisotopic (exact) mass is 343 g/mol. The van der Waals surface area contributed by atoms with Crippen LogP contribution in [0.5, 0.6) is 0 Å². The van der Waals surface area contributed by atoms with Crippen LogP contribution in [0, 0.1) is 11.8 Å². The summed E-state index contributed by atoms with van der Waals surface area (Å²) in [7, 11) is 0. The quantitative estimate of drug-likeness (QED) is 0.853. The number of aliphatic hydroxyl groups excluding tert-OH is 1. The molecule has 1 unspecified atom stereocenters. The molecule has 122 valence electrons. The summed E-state index contributed by atoms with van der Waals surface area (Å²) in [6.07, 6.45) is 4.47. The van der Waals surface area contributed by atoms with E-state index >= 15 is 0 Å². The van der Waals surface area contributed by atoms with Crippen molar-refractivity contribution in [2.75, 3.05) is 6.61 Å². The third-order valence-electron chi connectivity index (χ3n) is 4.44. The van der Waals surface area contributed by atoms with Gasteiger partial charge in [-0.05, 0) is 55.7 Å². The van der Waals surface area contributed by atoms with Crippen molar-refractivity contribution >= 4 is 29.1 Å². The summed E-state index contributed by atoms with van der Waals surface area (Å²) in [5.74, 6) is 0.339. The standard InChI is InChI=1S/C17H23Cl2NO2/c1-11(8-13-4-5-14(18)9-16(13)19)17(22)20-15-6-2-12(10-21)3-7-15/h4-5,9,11-12,15,21H,2-3,6-8,10H2,1H3,(H,20,22). The van der Waals surface area contributed by atoms with Crippen LogP contribution >= 0.6 is 23.2 Å². The largest absolute Gasteiger partial charge is 0.396 e. The molecule has 1 atom stereocenters. The summed E-state index contributed by atoms with van der Waals surface area (Å²) in [4.78, 5) is 12.3. The molecule has 2 rings (SSSR count). The molecular formula is C17H23Cl2NO2. The number of carbonyl (C=O) groups is 1. The molecule has 1 aliphatic carbocycles. The number of halogens is 2. The first kappa shape index (κ1) is 17.6. The Labute approximate surface area is 142 Å². The topological polar surface area (TPSA) is 49.3 Å². The fourth-order valence-corrected chi connectivity index (χ4v) is 3.43. The number of rotatable bonds is 5. The van der Waals surface area contributed by atoms with Gasteiger partial charge in [0, 0.05) is 28.6 Å². The Balaban J connectivity index is 1.84. The van der Waals surface area contributed by atoms with Gasteiger partial charge in [-0.2, -0.15) is 0 Å². The highest BCUT2D eigenvalue weighted by atomic mass is 35.5. The molecule has 0 bridgehead atoms. The first-order valence-electron chi connectivity index (χ1n) is 7.84. The lowest BCUT2D eigenvalue weighted by molar-refractivity contribution is -0.125. The van der Waals surface area contributed by atoms with Gasteiger partial charge in [0.2, 0.25) is 5.91 Å². The molecule has 1 aromatic carbocycles. The van der Waals surface area contributed by atoms with Gasteiger partial charge in [0.1, 0.15) is 0 Å². The summed E-state index contributed by atoms with van der Waals surface area (Å²) >= 11 is 12.0. The molecule has 0 aliphatic heterocycles. The predicted octanol–water partition coefficient (Wildman–Crippen LogP) is 3.84. The van der Waals surface area contributed by atoms with Gasteiger partial charge >= 0.3 is 0 Å². The second kappa shape index (κ2) is 8.19. The fourth-order valence-electron chi connectivity index (χ4n) is 2.94. The van der Waals surface area contributed by atoms with E-state index in [4.69, 9.17) is 28.3 Å². The lowest BCUT2D eigenvalue weighted by atomic mass is 9.86. The number of nitrogens with one attached hydrogen (secondary N) is 1. The zero-order chi connectivity index (χ0) is 16.1. The van der Waals surface area contributed by atoms with E-state index in [0.717, 1.165) is 31.2 Å². The highest BCUT2D eigenvalue weighted by Gasteiger charge is 2.24. The summed E-state index contributed by atoms with van der Waals surface area (Å²) in [6, 6.07) is 5.61. The number of aliphatic hydroxyl groups is 1. The van der Waals surface area contributed by atoms with Crippen molar-refractivity contribution in [2.45, 2.75) is 45.1 Å². The van der Waals surface area contributed by atoms with E-state index in [9.17, 15) is 4.79 Å². The zero-order valence-corrected chi connectivity index (χ0v) is 14.3. The average molecular weight is 344 g/mol. The molecule has 0 aromatic heterocycles. The van der Waals surface area contributed by atoms with Crippen molar-refractivity contribution in [3.63, 3.8) is 0 Å². The minimum Gasteiger partial charge on any atom is -0.396 e. The van der Waals surface area contributed by atoms with Crippen LogP contribution in [-0.4, -0.2) is 23.7 Å². The van der Waals surface area contributed by atoms with E-state index < -0.39 is 0 Å². The van der Waals surface area contributed by atoms with Crippen molar-refractivity contribution < 1.29 is 9.90 Å². The molecule has 0 saturated heterocycles. The number of benzene rings is 1. The number of hydrogen-bond donors (Lipinski definition) is 2. The lowest BCUT2D eigenvalue weighted by Gasteiger charge is -2.29. The normalized spacial score (nSPS) is 23.1. The minimum atomic E-state index is -0.130. The molecule has 1 aliphatic rings. The van der Waals surface area contributed by atoms with Crippen LogP contribution in [0.25, 0.3) is 0 Å². The van der Waals surface area contributed by atoms with Gasteiger partial charge in [-0.15, -0.1) is 0 Å². The van der Waals surface area contributed by atoms with E-state index in [0.29, 0.717) is 22.4 Å². The molecule has 1 amide bonds. The van der Waals surface area contributed by atoms with Gasteiger partial charge in [0.05, 0.1) is 0 Å². The van der Waals surface area contributed by atoms with Crippen molar-refractivity contribution in [1.29, 1.82) is 0 Å². The van der Waals surface area contributed by atoms with Gasteiger partial charge in [-0.1, -0.05) is 36.2 Å². The molecule has 1 fully saturated rings. The highest BCUT2D eigenvalue weighted by Crippen LogP contribution is 2.25. The van der Waals surface area contributed by atoms with E-state index in [1.54, 1.807) is 12.1 Å². The molecule has 22 heavy (non-hydrogen) atoms. The summed E-state index contributed by atoms with van der Waals surface area (Å²) in [6.45, 7) is 2.17. The van der Waals surface area contributed by atoms with E-state index in [1.165, 1.54) is 0 Å². The highest BCUT2D eigenvalue weighted by molar-refractivity contribution is 6.35. The van der Waals surface area contributed by atoms with Crippen LogP contribution in [0.1, 0.15) is 38.2 Å². The Morgan fingerprint density at radius 1 is 1.32 bits per heavy atom. The van der Waals surface area contributed by atoms with Gasteiger partial charge in [-0.3, -0.25) is 4.79 Å². The SMILES string of the molecule is CC(Cc1ccc(Cl)cc1Cl)C(=O)NC1CCC(CO)CC1. The molecule has 0 spiro atoms. The van der Waals surface area contributed by atoms with Gasteiger partial charge in [0.15, 0.2) is 0 Å². The van der Waals surface area contributed by atoms with Crippen LogP contribution in [-0.2, 0) is 11.2 Å². The van der Waals surface area contributed by atoms with Crippen molar-refractivity contribution in [3.05, 3.63) is 33.8 Å². The average Bonchev–Trinajstić information content (AvgIpc) is 2.50. The number of hydrogen-bond acceptors (Lipinski definition) is 2. The van der Waals surface area contributed by atoms with Crippen molar-refractivity contribution in [3.8, 4) is 0 Å². The van der Waals surface area contributed by atoms with E-state index in [2.05, 4.69) is 5.32 Å². The Morgan fingerprint density at radius 2 is 2.00 bits per heavy atom. The third kappa shape index (κ3) is 4.87. The van der Waals surface area contributed by atoms with Crippen LogP contribution in [0.2, 0.25) is 10.0 Å². The summed E-state index contributed by atoms with van der Waals surface area (Å²) in [5, 5.41) is 13.5. The van der Waals surface area contributed by atoms with Crippen LogP contribution in [0.3, 0.4) is 0 Å². The van der Waals surface area contributed by atoms with E-state index in [1.807, 2.05) is 13.0 Å². The smallest absolute Gasteiger partial charge is 0.223 e. The van der Waals surface area contributed by atoms with Crippen LogP contribution in [0.4, 0.5) is 0 Å². The van der Waals surface area contributed by atoms with Gasteiger partial charge < -0.3 is 10.4 Å². The Kier molecular flexibility index (Phi) is 6.54. The van der Waals surface area contributed by atoms with E-state index in [-0.39, 0.29) is 24.5 Å². The maximum absolute atomic E-state index is 12.3. The zero-order valence-electron chi connectivity index (χ0n) is 12.8. The molecule has 0 heterocycles. The third-order valence-corrected chi connectivity index (χ3v) is 5.03. The number of carbonyl (C=O) groups excluding carboxylic acids is 1. The molecule has 0 radical (unpaired) electrons. The maximum Gasteiger partial charge on any atom is 0.223 e. The lowest BCUT2D eigenvalue weighted by Crippen LogP contribution is -2.41. The molecule has 5 heteroatoms. The first-order valence-corrected chi connectivity index (χ1v) is 8.60. The van der Waals surface area contributed by atoms with Gasteiger partial charge in [0.25, 0.3) is 0 Å². The molecule has 1 aromatic rings. The Hall–Kier alpha value is -0.770. The Morgan fingerprint density at radius 3 is 2.59 bits per heavy atom. The molecule has 2 N–H and O–H groups in total. The molecule has 1 saturated carbocycles. The molecular weight excluding hydrogens is 321 g/mol. The number of amides is 1.